The lowest BCUT2D eigenvalue weighted by molar-refractivity contribution is -0.151. The molecule has 1 heterocycles. The molecule has 0 aromatic heterocycles. The largest absolute Gasteiger partial charge is 0.480 e. The lowest BCUT2D eigenvalue weighted by Gasteiger charge is -2.45. The van der Waals surface area contributed by atoms with Crippen LogP contribution in [0.3, 0.4) is 0 Å². The highest BCUT2D eigenvalue weighted by atomic mass is 16.4. The van der Waals surface area contributed by atoms with Gasteiger partial charge in [-0.1, -0.05) is 34.6 Å². The summed E-state index contributed by atoms with van der Waals surface area (Å²) in [5, 5.41) is 9.63. The number of hydrogen-bond acceptors (Lipinski definition) is 3. The lowest BCUT2D eigenvalue weighted by Crippen LogP contribution is -2.55. The summed E-state index contributed by atoms with van der Waals surface area (Å²) in [6.07, 6.45) is 2.11. The van der Waals surface area contributed by atoms with Crippen LogP contribution in [0, 0.1) is 17.3 Å². The fraction of sp³-hybridized carbons (Fsp3) is 0.941. The van der Waals surface area contributed by atoms with Gasteiger partial charge in [0.15, 0.2) is 0 Å². The Morgan fingerprint density at radius 3 is 2.52 bits per heavy atom. The average molecular weight is 298 g/mol. The molecule has 1 N–H and O–H groups in total. The van der Waals surface area contributed by atoms with Crippen molar-refractivity contribution in [3.05, 3.63) is 0 Å². The number of carbonyl (C=O) groups is 1. The fourth-order valence-corrected chi connectivity index (χ4v) is 3.54. The Kier molecular flexibility index (Phi) is 6.67. The minimum Gasteiger partial charge on any atom is -0.480 e. The van der Waals surface area contributed by atoms with Gasteiger partial charge in [0.1, 0.15) is 6.04 Å². The standard InChI is InChI=1S/C17H34N2O2/c1-7-18(6)11-13(2)14(3)12-19-10-8-9-17(4,5)15(19)16(20)21/h13-15H,7-12H2,1-6H3,(H,20,21). The maximum Gasteiger partial charge on any atom is 0.321 e. The molecule has 4 heteroatoms. The molecule has 0 radical (unpaired) electrons. The van der Waals surface area contributed by atoms with Gasteiger partial charge in [0.05, 0.1) is 0 Å². The van der Waals surface area contributed by atoms with E-state index in [1.807, 2.05) is 0 Å². The van der Waals surface area contributed by atoms with E-state index in [4.69, 9.17) is 0 Å². The summed E-state index contributed by atoms with van der Waals surface area (Å²) in [6, 6.07) is -0.343. The first-order valence-electron chi connectivity index (χ1n) is 8.34. The van der Waals surface area contributed by atoms with E-state index in [1.165, 1.54) is 0 Å². The average Bonchev–Trinajstić information content (AvgIpc) is 2.36. The molecular weight excluding hydrogens is 264 g/mol. The molecule has 1 fully saturated rings. The van der Waals surface area contributed by atoms with Gasteiger partial charge in [-0.05, 0) is 50.2 Å². The quantitative estimate of drug-likeness (QED) is 0.785. The highest BCUT2D eigenvalue weighted by Crippen LogP contribution is 2.36. The van der Waals surface area contributed by atoms with Crippen molar-refractivity contribution in [2.75, 3.05) is 33.2 Å². The molecule has 1 saturated heterocycles. The van der Waals surface area contributed by atoms with Gasteiger partial charge in [-0.3, -0.25) is 9.69 Å². The molecule has 3 atom stereocenters. The van der Waals surface area contributed by atoms with Crippen molar-refractivity contribution in [1.82, 2.24) is 9.80 Å². The maximum absolute atomic E-state index is 11.7. The first-order valence-corrected chi connectivity index (χ1v) is 8.34. The first-order chi connectivity index (χ1) is 9.69. The van der Waals surface area contributed by atoms with Crippen molar-refractivity contribution in [3.8, 4) is 0 Å². The van der Waals surface area contributed by atoms with Crippen LogP contribution in [0.15, 0.2) is 0 Å². The van der Waals surface area contributed by atoms with Crippen LogP contribution in [0.2, 0.25) is 0 Å². The van der Waals surface area contributed by atoms with Crippen LogP contribution in [0.25, 0.3) is 0 Å². The second-order valence-electron chi connectivity index (χ2n) is 7.64. The Labute approximate surface area is 130 Å². The Balaban J connectivity index is 2.68. The number of aliphatic carboxylic acids is 1. The number of carboxylic acid groups (broad SMARTS) is 1. The summed E-state index contributed by atoms with van der Waals surface area (Å²) in [5.41, 5.74) is -0.132. The number of rotatable bonds is 7. The predicted molar refractivity (Wildman–Crippen MR) is 87.5 cm³/mol. The fourth-order valence-electron chi connectivity index (χ4n) is 3.54. The topological polar surface area (TPSA) is 43.8 Å². The third kappa shape index (κ3) is 4.96. The van der Waals surface area contributed by atoms with E-state index in [-0.39, 0.29) is 11.5 Å². The second-order valence-corrected chi connectivity index (χ2v) is 7.64. The Morgan fingerprint density at radius 1 is 1.38 bits per heavy atom. The first kappa shape index (κ1) is 18.4. The number of likely N-dealkylation sites (tertiary alicyclic amines) is 1. The molecule has 0 saturated carbocycles. The van der Waals surface area contributed by atoms with Crippen molar-refractivity contribution in [2.45, 2.75) is 53.5 Å². The zero-order valence-electron chi connectivity index (χ0n) is 14.7. The van der Waals surface area contributed by atoms with E-state index >= 15 is 0 Å². The predicted octanol–water partition coefficient (Wildman–Crippen LogP) is 2.79. The maximum atomic E-state index is 11.7. The number of piperidine rings is 1. The third-order valence-corrected chi connectivity index (χ3v) is 5.24. The summed E-state index contributed by atoms with van der Waals surface area (Å²) in [6.45, 7) is 14.8. The normalized spacial score (nSPS) is 25.8. The van der Waals surface area contributed by atoms with E-state index in [0.717, 1.165) is 39.0 Å². The second kappa shape index (κ2) is 7.59. The molecule has 0 amide bonds. The van der Waals surface area contributed by atoms with Crippen LogP contribution in [-0.2, 0) is 4.79 Å². The Bertz CT molecular complexity index is 344. The van der Waals surface area contributed by atoms with Crippen LogP contribution < -0.4 is 0 Å². The summed E-state index contributed by atoms with van der Waals surface area (Å²) >= 11 is 0. The highest BCUT2D eigenvalue weighted by Gasteiger charge is 2.42. The molecule has 3 unspecified atom stereocenters. The molecule has 0 aromatic carbocycles. The minimum atomic E-state index is -0.662. The van der Waals surface area contributed by atoms with Crippen molar-refractivity contribution in [3.63, 3.8) is 0 Å². The minimum absolute atomic E-state index is 0.132. The van der Waals surface area contributed by atoms with Gasteiger partial charge < -0.3 is 10.0 Å². The molecule has 1 rings (SSSR count). The SMILES string of the molecule is CCN(C)CC(C)C(C)CN1CCCC(C)(C)C1C(=O)O. The third-order valence-electron chi connectivity index (χ3n) is 5.24. The van der Waals surface area contributed by atoms with E-state index in [0.29, 0.717) is 11.8 Å². The summed E-state index contributed by atoms with van der Waals surface area (Å²) in [4.78, 5) is 16.2. The van der Waals surface area contributed by atoms with Gasteiger partial charge in [-0.2, -0.15) is 0 Å². The van der Waals surface area contributed by atoms with Gasteiger partial charge in [-0.15, -0.1) is 0 Å². The van der Waals surface area contributed by atoms with E-state index in [2.05, 4.69) is 51.5 Å². The number of hydrogen-bond donors (Lipinski definition) is 1. The Morgan fingerprint density at radius 2 is 2.00 bits per heavy atom. The zero-order valence-corrected chi connectivity index (χ0v) is 14.7. The van der Waals surface area contributed by atoms with Crippen molar-refractivity contribution in [2.24, 2.45) is 17.3 Å². The van der Waals surface area contributed by atoms with E-state index in [9.17, 15) is 9.90 Å². The van der Waals surface area contributed by atoms with Crippen LogP contribution in [0.1, 0.15) is 47.5 Å². The molecular formula is C17H34N2O2. The van der Waals surface area contributed by atoms with Gasteiger partial charge in [-0.25, -0.2) is 0 Å². The van der Waals surface area contributed by atoms with Crippen molar-refractivity contribution >= 4 is 5.97 Å². The number of carboxylic acids is 1. The lowest BCUT2D eigenvalue weighted by atomic mass is 9.76. The molecule has 124 valence electrons. The molecule has 0 aromatic rings. The van der Waals surface area contributed by atoms with Crippen molar-refractivity contribution < 1.29 is 9.90 Å². The summed E-state index contributed by atoms with van der Waals surface area (Å²) in [7, 11) is 2.15. The highest BCUT2D eigenvalue weighted by molar-refractivity contribution is 5.74. The van der Waals surface area contributed by atoms with Gasteiger partial charge in [0, 0.05) is 13.1 Å². The van der Waals surface area contributed by atoms with Crippen LogP contribution in [-0.4, -0.2) is 60.1 Å². The molecule has 21 heavy (non-hydrogen) atoms. The molecule has 0 bridgehead atoms. The van der Waals surface area contributed by atoms with Gasteiger partial charge in [0.25, 0.3) is 0 Å². The zero-order chi connectivity index (χ0) is 16.2. The van der Waals surface area contributed by atoms with Crippen molar-refractivity contribution in [1.29, 1.82) is 0 Å². The number of nitrogens with zero attached hydrogens (tertiary/aromatic N) is 2. The van der Waals surface area contributed by atoms with Gasteiger partial charge in [0.2, 0.25) is 0 Å². The smallest absolute Gasteiger partial charge is 0.321 e. The molecule has 0 spiro atoms. The van der Waals surface area contributed by atoms with Crippen LogP contribution >= 0.6 is 0 Å². The molecule has 0 aliphatic carbocycles. The van der Waals surface area contributed by atoms with Gasteiger partial charge >= 0.3 is 5.97 Å². The van der Waals surface area contributed by atoms with Crippen LogP contribution in [0.4, 0.5) is 0 Å². The molecule has 4 nitrogen and oxygen atoms in total. The van der Waals surface area contributed by atoms with E-state index in [1.54, 1.807) is 0 Å². The molecule has 1 aliphatic rings. The summed E-state index contributed by atoms with van der Waals surface area (Å²) in [5.74, 6) is 0.425. The summed E-state index contributed by atoms with van der Waals surface area (Å²) < 4.78 is 0. The molecule has 1 aliphatic heterocycles. The monoisotopic (exact) mass is 298 g/mol. The van der Waals surface area contributed by atoms with E-state index < -0.39 is 5.97 Å². The Hall–Kier alpha value is -0.610. The van der Waals surface area contributed by atoms with Crippen LogP contribution in [0.5, 0.6) is 0 Å².